The predicted octanol–water partition coefficient (Wildman–Crippen LogP) is 4.86. The fourth-order valence-electron chi connectivity index (χ4n) is 2.94. The molecule has 0 radical (unpaired) electrons. The number of aromatic nitrogens is 1. The summed E-state index contributed by atoms with van der Waals surface area (Å²) in [4.78, 5) is 31.4. The highest BCUT2D eigenvalue weighted by molar-refractivity contribution is 7.21. The summed E-state index contributed by atoms with van der Waals surface area (Å²) in [7, 11) is 3.76. The summed E-state index contributed by atoms with van der Waals surface area (Å²) in [5, 5.41) is 4.21. The van der Waals surface area contributed by atoms with Gasteiger partial charge in [-0.3, -0.25) is 9.78 Å². The van der Waals surface area contributed by atoms with Crippen LogP contribution in [0.5, 0.6) is 0 Å². The quantitative estimate of drug-likeness (QED) is 0.341. The Morgan fingerprint density at radius 3 is 2.59 bits per heavy atom. The number of nitrogens with one attached hydrogen (secondary N) is 1. The molecule has 150 valence electrons. The molecule has 0 amide bonds. The molecular weight excluding hydrogens is 386 g/mol. The number of fused-ring (bicyclic) bond motifs is 1. The summed E-state index contributed by atoms with van der Waals surface area (Å²) in [6.07, 6.45) is 5.22. The van der Waals surface area contributed by atoms with Gasteiger partial charge in [-0.25, -0.2) is 4.79 Å². The van der Waals surface area contributed by atoms with Crippen LogP contribution in [0.1, 0.15) is 33.9 Å². The number of carbonyl (C=O) groups excluding carboxylic acids is 2. The zero-order valence-corrected chi connectivity index (χ0v) is 17.7. The summed E-state index contributed by atoms with van der Waals surface area (Å²) in [5.41, 5.74) is 2.74. The van der Waals surface area contributed by atoms with Crippen LogP contribution < -0.4 is 5.32 Å². The summed E-state index contributed by atoms with van der Waals surface area (Å²) >= 11 is 1.34. The molecule has 2 heterocycles. The van der Waals surface area contributed by atoms with E-state index < -0.39 is 0 Å². The van der Waals surface area contributed by atoms with Crippen molar-refractivity contribution >= 4 is 44.6 Å². The van der Waals surface area contributed by atoms with Crippen LogP contribution in [0, 0.1) is 0 Å². The van der Waals surface area contributed by atoms with E-state index in [0.29, 0.717) is 28.3 Å². The number of benzene rings is 1. The average Bonchev–Trinajstić information content (AvgIpc) is 3.06. The fraction of sp³-hybridized carbons (Fsp3) is 0.227. The minimum atomic E-state index is -0.368. The molecule has 0 bridgehead atoms. The smallest absolute Gasteiger partial charge is 0.350 e. The van der Waals surface area contributed by atoms with Crippen LogP contribution in [0.2, 0.25) is 0 Å². The van der Waals surface area contributed by atoms with E-state index in [1.165, 1.54) is 11.3 Å². The maximum atomic E-state index is 12.5. The zero-order valence-electron chi connectivity index (χ0n) is 16.9. The van der Waals surface area contributed by atoms with Gasteiger partial charge in [0.25, 0.3) is 0 Å². The number of esters is 1. The molecule has 0 spiro atoms. The molecule has 0 aliphatic heterocycles. The molecule has 0 fully saturated rings. The molecule has 3 aromatic rings. The molecule has 6 nitrogen and oxygen atoms in total. The Morgan fingerprint density at radius 1 is 1.21 bits per heavy atom. The van der Waals surface area contributed by atoms with Crippen LogP contribution in [0.3, 0.4) is 0 Å². The minimum Gasteiger partial charge on any atom is -0.462 e. The number of anilines is 2. The third-order valence-electron chi connectivity index (χ3n) is 4.18. The SMILES string of the molecule is CCOC(=O)c1sc2cnccc2c1Nc1ccc(C(=O)C(C)=CN(C)C)cc1. The largest absolute Gasteiger partial charge is 0.462 e. The van der Waals surface area contributed by atoms with Crippen LogP contribution in [0.4, 0.5) is 11.4 Å². The minimum absolute atomic E-state index is 0.0236. The number of Topliss-reactive ketones (excluding diaryl/α,β-unsaturated/α-hetero) is 1. The van der Waals surface area contributed by atoms with Gasteiger partial charge in [0.05, 0.1) is 17.0 Å². The lowest BCUT2D eigenvalue weighted by atomic mass is 10.0. The number of nitrogens with zero attached hydrogens (tertiary/aromatic N) is 2. The second kappa shape index (κ2) is 8.87. The van der Waals surface area contributed by atoms with Crippen molar-refractivity contribution in [2.24, 2.45) is 0 Å². The lowest BCUT2D eigenvalue weighted by Gasteiger charge is -2.10. The predicted molar refractivity (Wildman–Crippen MR) is 117 cm³/mol. The molecule has 1 aromatic carbocycles. The van der Waals surface area contributed by atoms with Gasteiger partial charge < -0.3 is 15.0 Å². The van der Waals surface area contributed by atoms with Crippen molar-refractivity contribution in [1.82, 2.24) is 9.88 Å². The number of hydrogen-bond acceptors (Lipinski definition) is 7. The van der Waals surface area contributed by atoms with Gasteiger partial charge in [-0.1, -0.05) is 0 Å². The third-order valence-corrected chi connectivity index (χ3v) is 5.30. The highest BCUT2D eigenvalue weighted by Gasteiger charge is 2.20. The lowest BCUT2D eigenvalue weighted by molar-refractivity contribution is 0.0533. The maximum absolute atomic E-state index is 12.5. The Labute approximate surface area is 173 Å². The van der Waals surface area contributed by atoms with Gasteiger partial charge in [0.15, 0.2) is 5.78 Å². The standard InChI is InChI=1S/C22H23N3O3S/c1-5-28-22(27)21-19(17-10-11-23-12-18(17)29-21)24-16-8-6-15(7-9-16)20(26)14(2)13-25(3)4/h6-13,24H,5H2,1-4H3. The number of carbonyl (C=O) groups is 2. The molecule has 2 aromatic heterocycles. The van der Waals surface area contributed by atoms with Crippen LogP contribution >= 0.6 is 11.3 Å². The van der Waals surface area contributed by atoms with Gasteiger partial charge in [0, 0.05) is 54.9 Å². The Morgan fingerprint density at radius 2 is 1.93 bits per heavy atom. The van der Waals surface area contributed by atoms with E-state index in [0.717, 1.165) is 15.8 Å². The molecule has 0 saturated heterocycles. The van der Waals surface area contributed by atoms with Crippen molar-refractivity contribution < 1.29 is 14.3 Å². The molecule has 0 aliphatic rings. The normalized spacial score (nSPS) is 11.4. The molecule has 29 heavy (non-hydrogen) atoms. The first-order valence-electron chi connectivity index (χ1n) is 9.21. The average molecular weight is 410 g/mol. The van der Waals surface area contributed by atoms with Crippen molar-refractivity contribution in [2.75, 3.05) is 26.0 Å². The first-order valence-corrected chi connectivity index (χ1v) is 10.0. The molecule has 0 saturated carbocycles. The number of ketones is 1. The molecule has 0 atom stereocenters. The summed E-state index contributed by atoms with van der Waals surface area (Å²) in [6, 6.07) is 9.07. The second-order valence-corrected chi connectivity index (χ2v) is 7.76. The first kappa shape index (κ1) is 20.5. The van der Waals surface area contributed by atoms with E-state index in [1.807, 2.05) is 37.2 Å². The zero-order chi connectivity index (χ0) is 21.0. The first-order chi connectivity index (χ1) is 13.9. The number of allylic oxidation sites excluding steroid dienone is 1. The fourth-order valence-corrected chi connectivity index (χ4v) is 3.96. The van der Waals surface area contributed by atoms with Crippen molar-refractivity contribution in [3.63, 3.8) is 0 Å². The van der Waals surface area contributed by atoms with E-state index in [4.69, 9.17) is 4.74 Å². The second-order valence-electron chi connectivity index (χ2n) is 6.71. The van der Waals surface area contributed by atoms with E-state index in [9.17, 15) is 9.59 Å². The monoisotopic (exact) mass is 409 g/mol. The van der Waals surface area contributed by atoms with Crippen molar-refractivity contribution in [3.8, 4) is 0 Å². The van der Waals surface area contributed by atoms with E-state index >= 15 is 0 Å². The molecule has 0 unspecified atom stereocenters. The van der Waals surface area contributed by atoms with Crippen molar-refractivity contribution in [3.05, 3.63) is 64.9 Å². The molecule has 3 rings (SSSR count). The summed E-state index contributed by atoms with van der Waals surface area (Å²) < 4.78 is 6.10. The van der Waals surface area contributed by atoms with Crippen molar-refractivity contribution in [1.29, 1.82) is 0 Å². The van der Waals surface area contributed by atoms with Crippen LogP contribution in [-0.4, -0.2) is 42.3 Å². The van der Waals surface area contributed by atoms with Gasteiger partial charge in [-0.05, 0) is 44.2 Å². The number of thiophene rings is 1. The van der Waals surface area contributed by atoms with E-state index in [2.05, 4.69) is 10.3 Å². The van der Waals surface area contributed by atoms with Gasteiger partial charge in [-0.15, -0.1) is 11.3 Å². The number of pyridine rings is 1. The van der Waals surface area contributed by atoms with Gasteiger partial charge in [0.2, 0.25) is 0 Å². The molecular formula is C22H23N3O3S. The summed E-state index contributed by atoms with van der Waals surface area (Å²) in [6.45, 7) is 3.88. The Hall–Kier alpha value is -3.19. The van der Waals surface area contributed by atoms with Crippen LogP contribution in [0.25, 0.3) is 10.1 Å². The topological polar surface area (TPSA) is 71.5 Å². The molecule has 1 N–H and O–H groups in total. The van der Waals surface area contributed by atoms with Gasteiger partial charge >= 0.3 is 5.97 Å². The Balaban J connectivity index is 1.90. The molecule has 7 heteroatoms. The number of ether oxygens (including phenoxy) is 1. The van der Waals surface area contributed by atoms with E-state index in [1.54, 1.807) is 44.6 Å². The number of rotatable bonds is 7. The molecule has 0 aliphatic carbocycles. The highest BCUT2D eigenvalue weighted by atomic mass is 32.1. The summed E-state index contributed by atoms with van der Waals surface area (Å²) in [5.74, 6) is -0.392. The third kappa shape index (κ3) is 4.63. The highest BCUT2D eigenvalue weighted by Crippen LogP contribution is 2.37. The van der Waals surface area contributed by atoms with Crippen LogP contribution in [0.15, 0.2) is 54.5 Å². The lowest BCUT2D eigenvalue weighted by Crippen LogP contribution is -2.08. The Kier molecular flexibility index (Phi) is 6.29. The maximum Gasteiger partial charge on any atom is 0.350 e. The Bertz CT molecular complexity index is 1070. The van der Waals surface area contributed by atoms with E-state index in [-0.39, 0.29) is 11.8 Å². The van der Waals surface area contributed by atoms with Gasteiger partial charge in [-0.2, -0.15) is 0 Å². The van der Waals surface area contributed by atoms with Gasteiger partial charge in [0.1, 0.15) is 4.88 Å². The number of hydrogen-bond donors (Lipinski definition) is 1. The van der Waals surface area contributed by atoms with Crippen LogP contribution in [-0.2, 0) is 4.74 Å². The van der Waals surface area contributed by atoms with Crippen molar-refractivity contribution in [2.45, 2.75) is 13.8 Å².